The summed E-state index contributed by atoms with van der Waals surface area (Å²) >= 11 is 6.93. The van der Waals surface area contributed by atoms with Gasteiger partial charge < -0.3 is 0 Å². The van der Waals surface area contributed by atoms with Crippen LogP contribution in [-0.2, 0) is 13.0 Å². The van der Waals surface area contributed by atoms with Crippen molar-refractivity contribution in [2.75, 3.05) is 0 Å². The van der Waals surface area contributed by atoms with Crippen molar-refractivity contribution in [1.29, 1.82) is 0 Å². The van der Waals surface area contributed by atoms with E-state index in [0.717, 1.165) is 29.4 Å². The standard InChI is InChI=1S/C12H11N5S2/c18-12-16-15-11(9-2-1-4-13-8-9)17(12)6-3-10-14-5-7-19-10/h1-2,4-5,7-8H,3,6H2,(H,16,18). The number of aromatic nitrogens is 5. The number of pyridine rings is 1. The molecule has 0 fully saturated rings. The summed E-state index contributed by atoms with van der Waals surface area (Å²) in [5, 5.41) is 10.2. The maximum absolute atomic E-state index is 5.28. The number of nitrogens with zero attached hydrogens (tertiary/aromatic N) is 4. The highest BCUT2D eigenvalue weighted by atomic mass is 32.1. The molecule has 0 saturated carbocycles. The van der Waals surface area contributed by atoms with Crippen LogP contribution in [-0.4, -0.2) is 24.7 Å². The van der Waals surface area contributed by atoms with Gasteiger partial charge in [0.2, 0.25) is 0 Å². The minimum Gasteiger partial charge on any atom is -0.300 e. The van der Waals surface area contributed by atoms with Crippen molar-refractivity contribution in [2.24, 2.45) is 0 Å². The number of hydrogen-bond donors (Lipinski definition) is 1. The Kier molecular flexibility index (Phi) is 3.47. The molecule has 0 saturated heterocycles. The molecule has 0 aliphatic heterocycles. The normalized spacial score (nSPS) is 10.7. The average Bonchev–Trinajstić information content (AvgIpc) is 3.07. The summed E-state index contributed by atoms with van der Waals surface area (Å²) in [7, 11) is 0. The highest BCUT2D eigenvalue weighted by molar-refractivity contribution is 7.71. The van der Waals surface area contributed by atoms with E-state index in [9.17, 15) is 0 Å². The third-order valence-corrected chi connectivity index (χ3v) is 3.86. The zero-order valence-electron chi connectivity index (χ0n) is 9.98. The molecule has 0 atom stereocenters. The Hall–Kier alpha value is -1.86. The fourth-order valence-electron chi connectivity index (χ4n) is 1.82. The lowest BCUT2D eigenvalue weighted by molar-refractivity contribution is 0.689. The molecular weight excluding hydrogens is 278 g/mol. The topological polar surface area (TPSA) is 59.4 Å². The second-order valence-electron chi connectivity index (χ2n) is 3.92. The van der Waals surface area contributed by atoms with E-state index >= 15 is 0 Å². The van der Waals surface area contributed by atoms with Gasteiger partial charge in [-0.15, -0.1) is 11.3 Å². The van der Waals surface area contributed by atoms with Gasteiger partial charge in [0, 0.05) is 42.5 Å². The number of thiazole rings is 1. The first kappa shape index (κ1) is 12.2. The molecule has 0 bridgehead atoms. The highest BCUT2D eigenvalue weighted by Crippen LogP contribution is 2.16. The van der Waals surface area contributed by atoms with Crippen molar-refractivity contribution >= 4 is 23.6 Å². The van der Waals surface area contributed by atoms with Crippen LogP contribution in [0.4, 0.5) is 0 Å². The molecule has 5 nitrogen and oxygen atoms in total. The predicted molar refractivity (Wildman–Crippen MR) is 76.5 cm³/mol. The summed E-state index contributed by atoms with van der Waals surface area (Å²) in [4.78, 5) is 8.39. The van der Waals surface area contributed by atoms with E-state index in [4.69, 9.17) is 12.2 Å². The Bertz CT molecular complexity index is 699. The van der Waals surface area contributed by atoms with Crippen LogP contribution in [0.2, 0.25) is 0 Å². The van der Waals surface area contributed by atoms with Crippen molar-refractivity contribution in [1.82, 2.24) is 24.7 Å². The Morgan fingerprint density at radius 2 is 2.32 bits per heavy atom. The summed E-state index contributed by atoms with van der Waals surface area (Å²) in [5.74, 6) is 0.814. The Morgan fingerprint density at radius 3 is 3.05 bits per heavy atom. The van der Waals surface area contributed by atoms with Gasteiger partial charge in [-0.1, -0.05) is 0 Å². The molecule has 3 aromatic rings. The molecule has 19 heavy (non-hydrogen) atoms. The summed E-state index contributed by atoms with van der Waals surface area (Å²) in [6.07, 6.45) is 6.19. The second-order valence-corrected chi connectivity index (χ2v) is 5.29. The van der Waals surface area contributed by atoms with Gasteiger partial charge in [-0.25, -0.2) is 4.98 Å². The van der Waals surface area contributed by atoms with E-state index in [1.807, 2.05) is 28.3 Å². The fourth-order valence-corrected chi connectivity index (χ4v) is 2.66. The largest absolute Gasteiger partial charge is 0.300 e. The summed E-state index contributed by atoms with van der Waals surface area (Å²) in [5.41, 5.74) is 0.953. The Morgan fingerprint density at radius 1 is 1.37 bits per heavy atom. The van der Waals surface area contributed by atoms with Gasteiger partial charge >= 0.3 is 0 Å². The van der Waals surface area contributed by atoms with Gasteiger partial charge in [-0.3, -0.25) is 14.6 Å². The molecule has 0 unspecified atom stereocenters. The number of nitrogens with one attached hydrogen (secondary N) is 1. The van der Waals surface area contributed by atoms with Gasteiger partial charge in [-0.05, 0) is 24.4 Å². The molecule has 0 radical (unpaired) electrons. The van der Waals surface area contributed by atoms with Gasteiger partial charge in [0.05, 0.1) is 5.01 Å². The lowest BCUT2D eigenvalue weighted by Crippen LogP contribution is -2.03. The van der Waals surface area contributed by atoms with Crippen LogP contribution in [0.3, 0.4) is 0 Å². The van der Waals surface area contributed by atoms with Crippen LogP contribution in [0.5, 0.6) is 0 Å². The first-order valence-corrected chi connectivity index (χ1v) is 7.07. The summed E-state index contributed by atoms with van der Waals surface area (Å²) < 4.78 is 2.60. The van der Waals surface area contributed by atoms with E-state index < -0.39 is 0 Å². The van der Waals surface area contributed by atoms with Crippen LogP contribution in [0.25, 0.3) is 11.4 Å². The lowest BCUT2D eigenvalue weighted by atomic mass is 10.2. The third-order valence-electron chi connectivity index (χ3n) is 2.71. The van der Waals surface area contributed by atoms with Crippen LogP contribution in [0, 0.1) is 4.77 Å². The first-order chi connectivity index (χ1) is 9.34. The smallest absolute Gasteiger partial charge is 0.195 e. The molecule has 3 heterocycles. The van der Waals surface area contributed by atoms with Gasteiger partial charge in [0.15, 0.2) is 10.6 Å². The maximum Gasteiger partial charge on any atom is 0.195 e. The van der Waals surface area contributed by atoms with E-state index in [1.54, 1.807) is 23.7 Å². The van der Waals surface area contributed by atoms with Gasteiger partial charge in [-0.2, -0.15) is 5.10 Å². The summed E-state index contributed by atoms with van der Waals surface area (Å²) in [6.45, 7) is 0.757. The van der Waals surface area contributed by atoms with Crippen molar-refractivity contribution in [2.45, 2.75) is 13.0 Å². The lowest BCUT2D eigenvalue weighted by Gasteiger charge is -2.05. The number of aromatic amines is 1. The van der Waals surface area contributed by atoms with E-state index in [2.05, 4.69) is 20.2 Å². The number of H-pyrrole nitrogens is 1. The molecule has 0 aromatic carbocycles. The molecule has 7 heteroatoms. The van der Waals surface area contributed by atoms with Gasteiger partial charge in [0.25, 0.3) is 0 Å². The summed E-state index contributed by atoms with van der Waals surface area (Å²) in [6, 6.07) is 3.86. The number of aryl methyl sites for hydroxylation is 1. The molecule has 0 aliphatic rings. The van der Waals surface area contributed by atoms with Crippen molar-refractivity contribution in [3.8, 4) is 11.4 Å². The minimum absolute atomic E-state index is 0.621. The zero-order valence-corrected chi connectivity index (χ0v) is 11.6. The van der Waals surface area contributed by atoms with E-state index in [0.29, 0.717) is 4.77 Å². The highest BCUT2D eigenvalue weighted by Gasteiger charge is 2.09. The second kappa shape index (κ2) is 5.41. The Balaban J connectivity index is 1.89. The minimum atomic E-state index is 0.621. The molecule has 0 aliphatic carbocycles. The maximum atomic E-state index is 5.28. The quantitative estimate of drug-likeness (QED) is 0.750. The molecule has 3 rings (SSSR count). The predicted octanol–water partition coefficient (Wildman–Crippen LogP) is 2.70. The SMILES string of the molecule is S=c1[nH]nc(-c2cccnc2)n1CCc1nccs1. The molecule has 0 amide bonds. The number of hydrogen-bond acceptors (Lipinski definition) is 5. The van der Waals surface area contributed by atoms with E-state index in [1.165, 1.54) is 0 Å². The first-order valence-electron chi connectivity index (χ1n) is 5.78. The van der Waals surface area contributed by atoms with Crippen molar-refractivity contribution < 1.29 is 0 Å². The molecular formula is C12H11N5S2. The Labute approximate surface area is 119 Å². The molecule has 3 aromatic heterocycles. The fraction of sp³-hybridized carbons (Fsp3) is 0.167. The van der Waals surface area contributed by atoms with Crippen molar-refractivity contribution in [3.63, 3.8) is 0 Å². The van der Waals surface area contributed by atoms with Crippen LogP contribution < -0.4 is 0 Å². The molecule has 1 N–H and O–H groups in total. The zero-order chi connectivity index (χ0) is 13.1. The van der Waals surface area contributed by atoms with Crippen molar-refractivity contribution in [3.05, 3.63) is 45.9 Å². The average molecular weight is 289 g/mol. The molecule has 96 valence electrons. The number of rotatable bonds is 4. The molecule has 0 spiro atoms. The third kappa shape index (κ3) is 2.61. The van der Waals surface area contributed by atoms with E-state index in [-0.39, 0.29) is 0 Å². The monoisotopic (exact) mass is 289 g/mol. The van der Waals surface area contributed by atoms with Crippen LogP contribution in [0.1, 0.15) is 5.01 Å². The van der Waals surface area contributed by atoms with Crippen LogP contribution in [0.15, 0.2) is 36.1 Å². The van der Waals surface area contributed by atoms with Gasteiger partial charge in [0.1, 0.15) is 0 Å². The van der Waals surface area contributed by atoms with Crippen LogP contribution >= 0.6 is 23.6 Å².